The van der Waals surface area contributed by atoms with Gasteiger partial charge in [-0.1, -0.05) is 11.8 Å². The van der Waals surface area contributed by atoms with Crippen molar-refractivity contribution in [3.8, 4) is 0 Å². The van der Waals surface area contributed by atoms with Crippen molar-refractivity contribution >= 4 is 25.3 Å². The number of ether oxygens (including phenoxy) is 2. The fourth-order valence-corrected chi connectivity index (χ4v) is 6.08. The highest BCUT2D eigenvalue weighted by atomic mass is 32.2. The number of rotatable bonds is 14. The number of hydrogen-bond acceptors (Lipinski definition) is 7. The highest BCUT2D eigenvalue weighted by Crippen LogP contribution is 2.50. The first-order chi connectivity index (χ1) is 14.6. The lowest BCUT2D eigenvalue weighted by atomic mass is 10.3. The Labute approximate surface area is 194 Å². The molecule has 0 unspecified atom stereocenters. The first-order valence-corrected chi connectivity index (χ1v) is 13.0. The lowest BCUT2D eigenvalue weighted by Crippen LogP contribution is -2.43. The van der Waals surface area contributed by atoms with Crippen molar-refractivity contribution in [1.29, 1.82) is 0 Å². The summed E-state index contributed by atoms with van der Waals surface area (Å²) < 4.78 is 24.0. The van der Waals surface area contributed by atoms with Crippen molar-refractivity contribution < 1.29 is 23.4 Å². The Bertz CT molecular complexity index is 608. The molecule has 0 aliphatic rings. The number of hydrogen-bond donors (Lipinski definition) is 0. The quantitative estimate of drug-likeness (QED) is 0.167. The predicted octanol–water partition coefficient (Wildman–Crippen LogP) is 4.77. The summed E-state index contributed by atoms with van der Waals surface area (Å²) in [6.45, 7) is 17.8. The molecular weight excluding hydrogens is 433 g/mol. The zero-order valence-electron chi connectivity index (χ0n) is 20.6. The molecule has 0 aromatic carbocycles. The molecule has 0 saturated heterocycles. The van der Waals surface area contributed by atoms with Gasteiger partial charge in [0.1, 0.15) is 13.0 Å². The summed E-state index contributed by atoms with van der Waals surface area (Å²) >= 11 is 1.12. The normalized spacial score (nSPS) is 12.5. The standard InChI is InChI=1S/C22H41N3O4PS/c1-17(2)24(18(3)4)30(25(19(5)6)20(7)8)29-15-27-14-28-16-31-22(26)21-10-12-23(9)13-11-21/h10-13,17-20H,14-16H2,1-9H3/q+1. The average Bonchev–Trinajstić information content (AvgIpc) is 2.66. The Morgan fingerprint density at radius 3 is 1.84 bits per heavy atom. The minimum absolute atomic E-state index is 0.0191. The van der Waals surface area contributed by atoms with Crippen LogP contribution in [0.1, 0.15) is 65.7 Å². The smallest absolute Gasteiger partial charge is 0.222 e. The molecule has 0 bridgehead atoms. The van der Waals surface area contributed by atoms with Gasteiger partial charge in [0.05, 0.1) is 0 Å². The Morgan fingerprint density at radius 1 is 0.903 bits per heavy atom. The van der Waals surface area contributed by atoms with Crippen molar-refractivity contribution in [2.75, 3.05) is 19.5 Å². The largest absolute Gasteiger partial charge is 0.344 e. The van der Waals surface area contributed by atoms with Gasteiger partial charge in [0.2, 0.25) is 5.12 Å². The lowest BCUT2D eigenvalue weighted by molar-refractivity contribution is -0.671. The molecular formula is C22H41N3O4PS+. The Morgan fingerprint density at radius 2 is 1.39 bits per heavy atom. The SMILES string of the molecule is CC(C)N(C(C)C)P(OCOCOCSC(=O)c1cc[n+](C)cc1)N(C(C)C)C(C)C. The lowest BCUT2D eigenvalue weighted by Gasteiger charge is -2.45. The molecule has 178 valence electrons. The van der Waals surface area contributed by atoms with Crippen LogP contribution in [0.5, 0.6) is 0 Å². The minimum Gasteiger partial charge on any atom is -0.344 e. The van der Waals surface area contributed by atoms with Crippen LogP contribution in [-0.4, -0.2) is 58.1 Å². The summed E-state index contributed by atoms with van der Waals surface area (Å²) in [6.07, 6.45) is 3.70. The maximum absolute atomic E-state index is 12.1. The molecule has 9 heteroatoms. The molecule has 0 aliphatic heterocycles. The molecule has 1 heterocycles. The van der Waals surface area contributed by atoms with Crippen LogP contribution in [0.15, 0.2) is 24.5 Å². The molecule has 0 fully saturated rings. The summed E-state index contributed by atoms with van der Waals surface area (Å²) in [7, 11) is 0.927. The van der Waals surface area contributed by atoms with Gasteiger partial charge in [-0.3, -0.25) is 4.79 Å². The van der Waals surface area contributed by atoms with E-state index in [1.54, 1.807) is 12.1 Å². The van der Waals surface area contributed by atoms with Gasteiger partial charge >= 0.3 is 0 Å². The van der Waals surface area contributed by atoms with E-state index in [0.29, 0.717) is 29.7 Å². The van der Waals surface area contributed by atoms with Crippen molar-refractivity contribution in [3.05, 3.63) is 30.1 Å². The number of pyridine rings is 1. The third-order valence-corrected chi connectivity index (χ3v) is 8.17. The van der Waals surface area contributed by atoms with Gasteiger partial charge in [0.15, 0.2) is 34.4 Å². The average molecular weight is 475 g/mol. The van der Waals surface area contributed by atoms with E-state index in [0.717, 1.165) is 11.8 Å². The number of nitrogens with zero attached hydrogens (tertiary/aromatic N) is 3. The molecule has 0 atom stereocenters. The number of thioether (sulfide) groups is 1. The highest BCUT2D eigenvalue weighted by molar-refractivity contribution is 8.14. The first kappa shape index (κ1) is 28.4. The van der Waals surface area contributed by atoms with E-state index in [9.17, 15) is 4.79 Å². The zero-order chi connectivity index (χ0) is 23.6. The highest BCUT2D eigenvalue weighted by Gasteiger charge is 2.34. The summed E-state index contributed by atoms with van der Waals surface area (Å²) in [5.41, 5.74) is 0.659. The van der Waals surface area contributed by atoms with Gasteiger partial charge < -0.3 is 14.0 Å². The van der Waals surface area contributed by atoms with Gasteiger partial charge in [-0.15, -0.1) is 0 Å². The Hall–Kier alpha value is -0.600. The molecule has 1 aromatic rings. The maximum atomic E-state index is 12.1. The summed E-state index contributed by atoms with van der Waals surface area (Å²) in [6, 6.07) is 5.00. The van der Waals surface area contributed by atoms with Crippen LogP contribution in [0, 0.1) is 0 Å². The third kappa shape index (κ3) is 9.82. The van der Waals surface area contributed by atoms with Crippen LogP contribution < -0.4 is 4.57 Å². The van der Waals surface area contributed by atoms with Crippen LogP contribution in [-0.2, 0) is 21.0 Å². The fraction of sp³-hybridized carbons (Fsp3) is 0.727. The Balaban J connectivity index is 2.50. The second-order valence-corrected chi connectivity index (χ2v) is 11.0. The van der Waals surface area contributed by atoms with Crippen molar-refractivity contribution in [2.24, 2.45) is 7.05 Å². The monoisotopic (exact) mass is 474 g/mol. The van der Waals surface area contributed by atoms with E-state index in [-0.39, 0.29) is 24.6 Å². The van der Waals surface area contributed by atoms with Crippen molar-refractivity contribution in [1.82, 2.24) is 9.34 Å². The van der Waals surface area contributed by atoms with Gasteiger partial charge in [-0.2, -0.15) is 0 Å². The van der Waals surface area contributed by atoms with Gasteiger partial charge in [0, 0.05) is 41.9 Å². The molecule has 0 saturated carbocycles. The van der Waals surface area contributed by atoms with E-state index in [1.807, 2.05) is 24.0 Å². The van der Waals surface area contributed by atoms with Crippen LogP contribution in [0.4, 0.5) is 0 Å². The van der Waals surface area contributed by atoms with Crippen molar-refractivity contribution in [3.63, 3.8) is 0 Å². The first-order valence-electron chi connectivity index (χ1n) is 10.8. The van der Waals surface area contributed by atoms with Gasteiger partial charge in [-0.05, 0) is 55.4 Å². The second-order valence-electron chi connectivity index (χ2n) is 8.46. The Kier molecular flexibility index (Phi) is 13.3. The van der Waals surface area contributed by atoms with E-state index < -0.39 is 8.45 Å². The topological polar surface area (TPSA) is 55.1 Å². The molecule has 1 rings (SSSR count). The van der Waals surface area contributed by atoms with Crippen LogP contribution in [0.2, 0.25) is 0 Å². The molecule has 1 aromatic heterocycles. The molecule has 0 radical (unpaired) electrons. The zero-order valence-corrected chi connectivity index (χ0v) is 22.3. The molecule has 0 aliphatic carbocycles. The van der Waals surface area contributed by atoms with E-state index in [2.05, 4.69) is 64.7 Å². The number of aromatic nitrogens is 1. The van der Waals surface area contributed by atoms with Crippen LogP contribution in [0.25, 0.3) is 0 Å². The maximum Gasteiger partial charge on any atom is 0.222 e. The van der Waals surface area contributed by atoms with Crippen LogP contribution in [0.3, 0.4) is 0 Å². The van der Waals surface area contributed by atoms with Crippen LogP contribution >= 0.6 is 20.2 Å². The predicted molar refractivity (Wildman–Crippen MR) is 129 cm³/mol. The summed E-state index contributed by atoms with van der Waals surface area (Å²) in [5.74, 6) is 0.239. The third-order valence-electron chi connectivity index (χ3n) is 4.42. The number of carbonyl (C=O) groups is 1. The van der Waals surface area contributed by atoms with E-state index in [4.69, 9.17) is 14.0 Å². The molecule has 0 N–H and O–H groups in total. The van der Waals surface area contributed by atoms with Gasteiger partial charge in [-0.25, -0.2) is 13.9 Å². The van der Waals surface area contributed by atoms with Crippen molar-refractivity contribution in [2.45, 2.75) is 79.6 Å². The van der Waals surface area contributed by atoms with E-state index >= 15 is 0 Å². The fourth-order valence-electron chi connectivity index (χ4n) is 3.26. The second kappa shape index (κ2) is 14.5. The molecule has 31 heavy (non-hydrogen) atoms. The molecule has 0 amide bonds. The molecule has 0 spiro atoms. The number of carbonyl (C=O) groups excluding carboxylic acids is 1. The minimum atomic E-state index is -0.988. The summed E-state index contributed by atoms with van der Waals surface area (Å²) in [4.78, 5) is 12.1. The number of aryl methyl sites for hydroxylation is 1. The molecule has 7 nitrogen and oxygen atoms in total. The summed E-state index contributed by atoms with van der Waals surface area (Å²) in [5, 5.41) is -0.0191. The van der Waals surface area contributed by atoms with E-state index in [1.165, 1.54) is 0 Å². The van der Waals surface area contributed by atoms with Gasteiger partial charge in [0.25, 0.3) is 0 Å².